The summed E-state index contributed by atoms with van der Waals surface area (Å²) < 4.78 is 5.03. The smallest absolute Gasteiger partial charge is 0.358 e. The van der Waals surface area contributed by atoms with Gasteiger partial charge in [0.2, 0.25) is 0 Å². The molecule has 0 bridgehead atoms. The van der Waals surface area contributed by atoms with Crippen LogP contribution >= 0.6 is 0 Å². The lowest BCUT2D eigenvalue weighted by molar-refractivity contribution is 0.0691. The molecule has 0 fully saturated rings. The monoisotopic (exact) mass is 287 g/mol. The third kappa shape index (κ3) is 2.40. The zero-order valence-corrected chi connectivity index (χ0v) is 11.3. The SMILES string of the molecule is Cn1cncc1-c1c(C(=O)O)nnn1CCn1cccn1. The molecule has 0 aromatic carbocycles. The third-order valence-electron chi connectivity index (χ3n) is 3.10. The molecule has 0 aliphatic rings. The van der Waals surface area contributed by atoms with Crippen LogP contribution in [-0.2, 0) is 20.1 Å². The van der Waals surface area contributed by atoms with Gasteiger partial charge in [0.15, 0.2) is 5.69 Å². The number of aromatic nitrogens is 7. The number of carboxylic acids is 1. The average molecular weight is 287 g/mol. The molecule has 1 N–H and O–H groups in total. The van der Waals surface area contributed by atoms with Gasteiger partial charge >= 0.3 is 5.97 Å². The maximum atomic E-state index is 11.3. The quantitative estimate of drug-likeness (QED) is 0.722. The fourth-order valence-electron chi connectivity index (χ4n) is 2.08. The Morgan fingerprint density at radius 1 is 1.38 bits per heavy atom. The normalized spacial score (nSPS) is 10.9. The van der Waals surface area contributed by atoms with Crippen molar-refractivity contribution >= 4 is 5.97 Å². The number of hydrogen-bond donors (Lipinski definition) is 1. The molecular weight excluding hydrogens is 274 g/mol. The van der Waals surface area contributed by atoms with E-state index in [4.69, 9.17) is 0 Å². The number of rotatable bonds is 5. The van der Waals surface area contributed by atoms with Crippen LogP contribution in [0.4, 0.5) is 0 Å². The van der Waals surface area contributed by atoms with Crippen LogP contribution in [-0.4, -0.2) is 45.4 Å². The second kappa shape index (κ2) is 5.19. The minimum atomic E-state index is -1.11. The van der Waals surface area contributed by atoms with Gasteiger partial charge in [-0.25, -0.2) is 14.5 Å². The zero-order chi connectivity index (χ0) is 14.8. The van der Waals surface area contributed by atoms with Crippen LogP contribution in [0.1, 0.15) is 10.5 Å². The first-order chi connectivity index (χ1) is 10.2. The summed E-state index contributed by atoms with van der Waals surface area (Å²) in [5, 5.41) is 21.1. The van der Waals surface area contributed by atoms with Crippen LogP contribution in [0.25, 0.3) is 11.4 Å². The summed E-state index contributed by atoms with van der Waals surface area (Å²) in [5.74, 6) is -1.11. The van der Waals surface area contributed by atoms with Gasteiger partial charge in [0.25, 0.3) is 0 Å². The van der Waals surface area contributed by atoms with Crippen molar-refractivity contribution in [3.8, 4) is 11.4 Å². The van der Waals surface area contributed by atoms with Gasteiger partial charge in [-0.3, -0.25) is 4.68 Å². The molecule has 0 saturated carbocycles. The van der Waals surface area contributed by atoms with Gasteiger partial charge in [-0.2, -0.15) is 5.10 Å². The second-order valence-corrected chi connectivity index (χ2v) is 4.47. The molecule has 0 aliphatic heterocycles. The highest BCUT2D eigenvalue weighted by molar-refractivity contribution is 5.92. The topological polar surface area (TPSA) is 104 Å². The van der Waals surface area contributed by atoms with E-state index in [-0.39, 0.29) is 5.69 Å². The lowest BCUT2D eigenvalue weighted by Crippen LogP contribution is -2.12. The van der Waals surface area contributed by atoms with E-state index >= 15 is 0 Å². The summed E-state index contributed by atoms with van der Waals surface area (Å²) in [7, 11) is 1.79. The fourth-order valence-corrected chi connectivity index (χ4v) is 2.08. The minimum Gasteiger partial charge on any atom is -0.476 e. The Hall–Kier alpha value is -2.97. The first kappa shape index (κ1) is 13.0. The van der Waals surface area contributed by atoms with E-state index in [9.17, 15) is 9.90 Å². The molecule has 9 nitrogen and oxygen atoms in total. The van der Waals surface area contributed by atoms with E-state index in [0.717, 1.165) is 0 Å². The Kier molecular flexibility index (Phi) is 3.22. The molecule has 0 atom stereocenters. The van der Waals surface area contributed by atoms with Gasteiger partial charge in [0, 0.05) is 19.4 Å². The molecule has 0 saturated heterocycles. The van der Waals surface area contributed by atoms with Crippen molar-refractivity contribution in [3.63, 3.8) is 0 Å². The molecule has 0 amide bonds. The Morgan fingerprint density at radius 2 is 2.24 bits per heavy atom. The number of hydrogen-bond acceptors (Lipinski definition) is 5. The molecule has 0 unspecified atom stereocenters. The largest absolute Gasteiger partial charge is 0.476 e. The van der Waals surface area contributed by atoms with Gasteiger partial charge in [0.1, 0.15) is 5.69 Å². The molecule has 9 heteroatoms. The predicted octanol–water partition coefficient (Wildman–Crippen LogP) is 0.273. The van der Waals surface area contributed by atoms with Crippen molar-refractivity contribution in [3.05, 3.63) is 36.7 Å². The number of imidazole rings is 1. The molecular formula is C12H13N7O2. The Morgan fingerprint density at radius 3 is 2.86 bits per heavy atom. The number of carbonyl (C=O) groups is 1. The molecule has 21 heavy (non-hydrogen) atoms. The Balaban J connectivity index is 1.97. The van der Waals surface area contributed by atoms with E-state index in [2.05, 4.69) is 20.4 Å². The van der Waals surface area contributed by atoms with E-state index in [0.29, 0.717) is 24.5 Å². The van der Waals surface area contributed by atoms with Crippen LogP contribution in [0, 0.1) is 0 Å². The fraction of sp³-hybridized carbons (Fsp3) is 0.250. The summed E-state index contributed by atoms with van der Waals surface area (Å²) in [5.41, 5.74) is 1.01. The molecule has 3 aromatic rings. The van der Waals surface area contributed by atoms with Gasteiger partial charge < -0.3 is 9.67 Å². The van der Waals surface area contributed by atoms with Gasteiger partial charge in [-0.15, -0.1) is 5.10 Å². The van der Waals surface area contributed by atoms with Crippen molar-refractivity contribution in [1.82, 2.24) is 34.3 Å². The van der Waals surface area contributed by atoms with Crippen LogP contribution < -0.4 is 0 Å². The molecule has 108 valence electrons. The number of aromatic carboxylic acids is 1. The first-order valence-electron chi connectivity index (χ1n) is 6.27. The van der Waals surface area contributed by atoms with Gasteiger partial charge in [0.05, 0.1) is 31.3 Å². The minimum absolute atomic E-state index is 0.0842. The lowest BCUT2D eigenvalue weighted by atomic mass is 10.2. The van der Waals surface area contributed by atoms with Crippen LogP contribution in [0.5, 0.6) is 0 Å². The van der Waals surface area contributed by atoms with E-state index in [1.54, 1.807) is 39.7 Å². The third-order valence-corrected chi connectivity index (χ3v) is 3.10. The molecule has 0 aliphatic carbocycles. The van der Waals surface area contributed by atoms with Crippen LogP contribution in [0.15, 0.2) is 31.0 Å². The maximum Gasteiger partial charge on any atom is 0.358 e. The predicted molar refractivity (Wildman–Crippen MR) is 71.4 cm³/mol. The van der Waals surface area contributed by atoms with Gasteiger partial charge in [-0.05, 0) is 6.07 Å². The van der Waals surface area contributed by atoms with Crippen LogP contribution in [0.3, 0.4) is 0 Å². The van der Waals surface area contributed by atoms with E-state index in [1.807, 2.05) is 12.3 Å². The summed E-state index contributed by atoms with van der Waals surface area (Å²) in [4.78, 5) is 15.3. The molecule has 0 radical (unpaired) electrons. The van der Waals surface area contributed by atoms with Crippen LogP contribution in [0.2, 0.25) is 0 Å². The van der Waals surface area contributed by atoms with Crippen molar-refractivity contribution in [2.45, 2.75) is 13.1 Å². The molecule has 0 spiro atoms. The average Bonchev–Trinajstić information content (AvgIpc) is 3.15. The lowest BCUT2D eigenvalue weighted by Gasteiger charge is -2.07. The Labute approximate surface area is 119 Å². The maximum absolute atomic E-state index is 11.3. The number of aryl methyl sites for hydroxylation is 3. The second-order valence-electron chi connectivity index (χ2n) is 4.47. The summed E-state index contributed by atoms with van der Waals surface area (Å²) in [6.45, 7) is 1.03. The summed E-state index contributed by atoms with van der Waals surface area (Å²) in [6, 6.07) is 1.83. The zero-order valence-electron chi connectivity index (χ0n) is 11.3. The Bertz CT molecular complexity index is 757. The first-order valence-corrected chi connectivity index (χ1v) is 6.27. The highest BCUT2D eigenvalue weighted by Crippen LogP contribution is 2.21. The molecule has 3 aromatic heterocycles. The van der Waals surface area contributed by atoms with Crippen molar-refractivity contribution in [2.24, 2.45) is 7.05 Å². The summed E-state index contributed by atoms with van der Waals surface area (Å²) in [6.07, 6.45) is 6.71. The van der Waals surface area contributed by atoms with Gasteiger partial charge in [-0.1, -0.05) is 5.21 Å². The standard InChI is InChI=1S/C12H13N7O2/c1-17-8-13-7-9(17)11-10(12(20)21)15-16-19(11)6-5-18-4-2-3-14-18/h2-4,7-8H,5-6H2,1H3,(H,20,21). The molecule has 3 heterocycles. The van der Waals surface area contributed by atoms with E-state index < -0.39 is 5.97 Å². The summed E-state index contributed by atoms with van der Waals surface area (Å²) >= 11 is 0. The molecule has 3 rings (SSSR count). The van der Waals surface area contributed by atoms with Crippen molar-refractivity contribution in [1.29, 1.82) is 0 Å². The van der Waals surface area contributed by atoms with E-state index in [1.165, 1.54) is 0 Å². The number of carboxylic acid groups (broad SMARTS) is 1. The highest BCUT2D eigenvalue weighted by Gasteiger charge is 2.22. The van der Waals surface area contributed by atoms with Crippen molar-refractivity contribution in [2.75, 3.05) is 0 Å². The number of nitrogens with zero attached hydrogens (tertiary/aromatic N) is 7. The van der Waals surface area contributed by atoms with Crippen molar-refractivity contribution < 1.29 is 9.90 Å². The highest BCUT2D eigenvalue weighted by atomic mass is 16.4.